The maximum atomic E-state index is 12.8. The van der Waals surface area contributed by atoms with Gasteiger partial charge in [0.2, 0.25) is 0 Å². The van der Waals surface area contributed by atoms with Crippen molar-refractivity contribution in [2.24, 2.45) is 11.8 Å². The van der Waals surface area contributed by atoms with Gasteiger partial charge >= 0.3 is 0 Å². The quantitative estimate of drug-likeness (QED) is 0.898. The van der Waals surface area contributed by atoms with E-state index in [4.69, 9.17) is 0 Å². The number of nitrogens with zero attached hydrogens (tertiary/aromatic N) is 2. The first-order chi connectivity index (χ1) is 12.8. The number of hydrogen-bond acceptors (Lipinski definition) is 2. The molecule has 26 heavy (non-hydrogen) atoms. The Balaban J connectivity index is 1.37. The summed E-state index contributed by atoms with van der Waals surface area (Å²) in [6.45, 7) is 2.95. The Morgan fingerprint density at radius 3 is 2.69 bits per heavy atom. The molecule has 4 nitrogen and oxygen atoms in total. The van der Waals surface area contributed by atoms with Crippen LogP contribution in [0, 0.1) is 11.8 Å². The fourth-order valence-corrected chi connectivity index (χ4v) is 5.64. The number of likely N-dealkylation sites (tertiary alicyclic amines) is 1. The minimum Gasteiger partial charge on any atom is -0.357 e. The number of amides is 1. The van der Waals surface area contributed by atoms with Crippen LogP contribution in [0.25, 0.3) is 0 Å². The fourth-order valence-electron chi connectivity index (χ4n) is 5.64. The molecule has 5 rings (SSSR count). The Labute approximate surface area is 155 Å². The van der Waals surface area contributed by atoms with Gasteiger partial charge in [-0.05, 0) is 55.2 Å². The molecule has 0 unspecified atom stereocenters. The number of carbonyl (C=O) groups is 1. The number of hydrogen-bond donors (Lipinski definition) is 1. The van der Waals surface area contributed by atoms with Crippen LogP contribution < -0.4 is 0 Å². The number of aromatic amines is 1. The molecule has 1 amide bonds. The van der Waals surface area contributed by atoms with Crippen molar-refractivity contribution >= 4 is 5.91 Å². The molecular formula is C22H27N3O. The Morgan fingerprint density at radius 2 is 1.88 bits per heavy atom. The monoisotopic (exact) mass is 349 g/mol. The maximum Gasteiger partial charge on any atom is 0.270 e. The highest BCUT2D eigenvalue weighted by molar-refractivity contribution is 5.92. The van der Waals surface area contributed by atoms with Gasteiger partial charge in [-0.1, -0.05) is 30.3 Å². The van der Waals surface area contributed by atoms with Gasteiger partial charge in [0.25, 0.3) is 5.91 Å². The van der Waals surface area contributed by atoms with E-state index >= 15 is 0 Å². The number of fused-ring (bicyclic) bond motifs is 4. The van der Waals surface area contributed by atoms with E-state index in [0.717, 1.165) is 25.3 Å². The number of aromatic nitrogens is 1. The second-order valence-electron chi connectivity index (χ2n) is 8.28. The van der Waals surface area contributed by atoms with Gasteiger partial charge in [-0.25, -0.2) is 0 Å². The van der Waals surface area contributed by atoms with Gasteiger partial charge in [0.05, 0.1) is 0 Å². The Morgan fingerprint density at radius 1 is 1.00 bits per heavy atom. The molecule has 0 radical (unpaired) electrons. The first-order valence-electron chi connectivity index (χ1n) is 10.0. The standard InChI is InChI=1S/C22H27N3O/c26-22(19-8-5-11-23-19)24-13-16-12-18(15-24)21-10-4-9-20(25(21)14-16)17-6-2-1-3-7-17/h1-3,5-8,11,16,18,20-21,23H,4,9-10,12-15H2/t16-,18+,20+,21-/m0/s1. The Bertz CT molecular complexity index is 757. The number of nitrogens with one attached hydrogen (secondary N) is 1. The normalized spacial score (nSPS) is 31.5. The molecule has 1 aromatic heterocycles. The van der Waals surface area contributed by atoms with Gasteiger partial charge in [-0.3, -0.25) is 9.69 Å². The highest BCUT2D eigenvalue weighted by Gasteiger charge is 2.45. The van der Waals surface area contributed by atoms with Crippen molar-refractivity contribution in [1.82, 2.24) is 14.8 Å². The van der Waals surface area contributed by atoms with Crippen molar-refractivity contribution in [2.75, 3.05) is 19.6 Å². The third-order valence-corrected chi connectivity index (χ3v) is 6.69. The van der Waals surface area contributed by atoms with Crippen LogP contribution in [0.3, 0.4) is 0 Å². The summed E-state index contributed by atoms with van der Waals surface area (Å²) in [4.78, 5) is 20.8. The summed E-state index contributed by atoms with van der Waals surface area (Å²) in [7, 11) is 0. The lowest BCUT2D eigenvalue weighted by Crippen LogP contribution is -2.60. The molecule has 4 atom stereocenters. The topological polar surface area (TPSA) is 39.3 Å². The zero-order chi connectivity index (χ0) is 17.5. The van der Waals surface area contributed by atoms with E-state index in [-0.39, 0.29) is 5.91 Å². The zero-order valence-corrected chi connectivity index (χ0v) is 15.2. The van der Waals surface area contributed by atoms with E-state index < -0.39 is 0 Å². The average molecular weight is 349 g/mol. The molecule has 136 valence electrons. The summed E-state index contributed by atoms with van der Waals surface area (Å²) in [5.74, 6) is 1.40. The van der Waals surface area contributed by atoms with Gasteiger partial charge in [0, 0.05) is 37.9 Å². The molecule has 3 saturated heterocycles. The van der Waals surface area contributed by atoms with Crippen molar-refractivity contribution in [3.05, 3.63) is 59.9 Å². The fraction of sp³-hybridized carbons (Fsp3) is 0.500. The number of piperidine rings is 3. The van der Waals surface area contributed by atoms with Crippen molar-refractivity contribution in [1.29, 1.82) is 0 Å². The number of carbonyl (C=O) groups excluding carboxylic acids is 1. The van der Waals surface area contributed by atoms with E-state index in [9.17, 15) is 4.79 Å². The molecule has 4 heterocycles. The first-order valence-corrected chi connectivity index (χ1v) is 10.0. The van der Waals surface area contributed by atoms with E-state index in [1.807, 2.05) is 18.3 Å². The molecule has 3 aliphatic heterocycles. The van der Waals surface area contributed by atoms with Crippen LogP contribution >= 0.6 is 0 Å². The van der Waals surface area contributed by atoms with Crippen LogP contribution in [-0.2, 0) is 0 Å². The first kappa shape index (κ1) is 16.1. The predicted octanol–water partition coefficient (Wildman–Crippen LogP) is 3.70. The summed E-state index contributed by atoms with van der Waals surface area (Å²) in [5, 5.41) is 0. The largest absolute Gasteiger partial charge is 0.357 e. The summed E-state index contributed by atoms with van der Waals surface area (Å²) >= 11 is 0. The molecule has 4 heteroatoms. The van der Waals surface area contributed by atoms with E-state index in [2.05, 4.69) is 45.1 Å². The van der Waals surface area contributed by atoms with Gasteiger partial charge in [-0.2, -0.15) is 0 Å². The van der Waals surface area contributed by atoms with Crippen LogP contribution in [0.2, 0.25) is 0 Å². The lowest BCUT2D eigenvalue weighted by Gasteiger charge is -2.55. The van der Waals surface area contributed by atoms with Crippen LogP contribution in [0.4, 0.5) is 0 Å². The lowest BCUT2D eigenvalue weighted by atomic mass is 9.74. The smallest absolute Gasteiger partial charge is 0.270 e. The summed E-state index contributed by atoms with van der Waals surface area (Å²) in [6.07, 6.45) is 6.98. The van der Waals surface area contributed by atoms with Crippen LogP contribution in [0.1, 0.15) is 47.8 Å². The minimum atomic E-state index is 0.175. The highest BCUT2D eigenvalue weighted by atomic mass is 16.2. The van der Waals surface area contributed by atoms with Gasteiger partial charge in [-0.15, -0.1) is 0 Å². The average Bonchev–Trinajstić information content (AvgIpc) is 3.22. The molecule has 0 aliphatic carbocycles. The van der Waals surface area contributed by atoms with Crippen LogP contribution in [0.5, 0.6) is 0 Å². The molecule has 1 N–H and O–H groups in total. The second kappa shape index (κ2) is 6.58. The predicted molar refractivity (Wildman–Crippen MR) is 102 cm³/mol. The van der Waals surface area contributed by atoms with E-state index in [0.29, 0.717) is 23.9 Å². The SMILES string of the molecule is O=C(c1ccc[nH]1)N1C[C@@H]2C[C@H](C1)[C@@H]1CCC[C@H](c3ccccc3)N1C2. The van der Waals surface area contributed by atoms with E-state index in [1.165, 1.54) is 31.2 Å². The molecule has 3 fully saturated rings. The third-order valence-electron chi connectivity index (χ3n) is 6.69. The van der Waals surface area contributed by atoms with Crippen molar-refractivity contribution in [2.45, 2.75) is 37.8 Å². The maximum absolute atomic E-state index is 12.8. The second-order valence-corrected chi connectivity index (χ2v) is 8.28. The Kier molecular flexibility index (Phi) is 4.08. The van der Waals surface area contributed by atoms with Crippen molar-refractivity contribution < 1.29 is 4.79 Å². The molecule has 3 aliphatic rings. The lowest BCUT2D eigenvalue weighted by molar-refractivity contribution is -0.0512. The van der Waals surface area contributed by atoms with Crippen molar-refractivity contribution in [3.8, 4) is 0 Å². The molecule has 2 aromatic rings. The summed E-state index contributed by atoms with van der Waals surface area (Å²) < 4.78 is 0. The molecule has 0 saturated carbocycles. The summed E-state index contributed by atoms with van der Waals surface area (Å²) in [6, 6.07) is 16.0. The van der Waals surface area contributed by atoms with Crippen LogP contribution in [0.15, 0.2) is 48.7 Å². The number of rotatable bonds is 2. The van der Waals surface area contributed by atoms with E-state index in [1.54, 1.807) is 0 Å². The number of benzene rings is 1. The molecule has 0 spiro atoms. The van der Waals surface area contributed by atoms with Gasteiger partial charge in [0.15, 0.2) is 0 Å². The van der Waals surface area contributed by atoms with Gasteiger partial charge in [0.1, 0.15) is 5.69 Å². The molecular weight excluding hydrogens is 322 g/mol. The highest BCUT2D eigenvalue weighted by Crippen LogP contribution is 2.44. The zero-order valence-electron chi connectivity index (χ0n) is 15.2. The van der Waals surface area contributed by atoms with Crippen molar-refractivity contribution in [3.63, 3.8) is 0 Å². The number of H-pyrrole nitrogens is 1. The molecule has 1 aromatic carbocycles. The third kappa shape index (κ3) is 2.77. The Hall–Kier alpha value is -2.07. The minimum absolute atomic E-state index is 0.175. The van der Waals surface area contributed by atoms with Crippen LogP contribution in [-0.4, -0.2) is 46.4 Å². The summed E-state index contributed by atoms with van der Waals surface area (Å²) in [5.41, 5.74) is 2.20. The van der Waals surface area contributed by atoms with Gasteiger partial charge < -0.3 is 9.88 Å². The molecule has 2 bridgehead atoms.